The minimum absolute atomic E-state index is 0. The first kappa shape index (κ1) is 17.1. The Labute approximate surface area is 62.5 Å². The van der Waals surface area contributed by atoms with Crippen molar-refractivity contribution in [1.82, 2.24) is 0 Å². The summed E-state index contributed by atoms with van der Waals surface area (Å²) in [6.45, 7) is 0. The van der Waals surface area contributed by atoms with Gasteiger partial charge >= 0.3 is 46.2 Å². The van der Waals surface area contributed by atoms with Crippen molar-refractivity contribution in [2.45, 2.75) is 0 Å². The summed E-state index contributed by atoms with van der Waals surface area (Å²) in [6, 6.07) is 0. The maximum atomic E-state index is 8.33. The molecule has 0 aliphatic carbocycles. The summed E-state index contributed by atoms with van der Waals surface area (Å²) in [5.41, 5.74) is 0. The molecular weight excluding hydrogens is 283 g/mol. The second kappa shape index (κ2) is 21.7. The van der Waals surface area contributed by atoms with Gasteiger partial charge in [-0.15, -0.1) is 0 Å². The van der Waals surface area contributed by atoms with Gasteiger partial charge in [0.1, 0.15) is 0 Å². The molecule has 0 aromatic rings. The molecule has 1 nitrogen and oxygen atoms in total. The van der Waals surface area contributed by atoms with Crippen molar-refractivity contribution in [2.75, 3.05) is 0 Å². The molecule has 4 heteroatoms. The zero-order valence-corrected chi connectivity index (χ0v) is 5.12. The summed E-state index contributed by atoms with van der Waals surface area (Å²) >= 11 is 0.333. The number of hydrogen-bond acceptors (Lipinski definition) is 1. The van der Waals surface area contributed by atoms with Crippen molar-refractivity contribution < 1.29 is 40.0 Å². The fraction of sp³-hybridized carbons (Fsp3) is 0. The van der Waals surface area contributed by atoms with Gasteiger partial charge in [0.15, 0.2) is 0 Å². The monoisotopic (exact) mass is 285 g/mol. The number of hydrogen-bond donors (Lipinski definition) is 0. The number of rotatable bonds is 0. The summed E-state index contributed by atoms with van der Waals surface area (Å²) in [5.74, 6) is 0. The van der Waals surface area contributed by atoms with Gasteiger partial charge in [0.2, 0.25) is 0 Å². The Morgan fingerprint density at radius 3 is 1.25 bits per heavy atom. The summed E-state index contributed by atoms with van der Waals surface area (Å²) in [4.78, 5) is 0. The second-order valence-corrected chi connectivity index (χ2v) is 0. The maximum absolute atomic E-state index is 8.33. The molecule has 0 unspecified atom stereocenters. The predicted molar refractivity (Wildman–Crippen MR) is 9.23 cm³/mol. The van der Waals surface area contributed by atoms with Crippen molar-refractivity contribution in [3.8, 4) is 0 Å². The van der Waals surface area contributed by atoms with Crippen LogP contribution in [-0.2, 0) is 40.0 Å². The van der Waals surface area contributed by atoms with Gasteiger partial charge in [-0.25, -0.2) is 0 Å². The van der Waals surface area contributed by atoms with Crippen molar-refractivity contribution in [2.24, 2.45) is 0 Å². The molecule has 25 valence electrons. The van der Waals surface area contributed by atoms with Crippen LogP contribution >= 0.6 is 0 Å². The molecule has 0 saturated carbocycles. The molecule has 1 radical (unpaired) electrons. The van der Waals surface area contributed by atoms with E-state index in [1.54, 1.807) is 0 Å². The third-order valence-corrected chi connectivity index (χ3v) is 0. The van der Waals surface area contributed by atoms with Crippen LogP contribution in [0.25, 0.3) is 0 Å². The molecule has 0 amide bonds. The van der Waals surface area contributed by atoms with Crippen LogP contribution in [0.4, 0.5) is 0 Å². The van der Waals surface area contributed by atoms with Crippen LogP contribution in [0.15, 0.2) is 0 Å². The molecule has 0 bridgehead atoms. The third kappa shape index (κ3) is 9.25. The molecule has 0 heterocycles. The van der Waals surface area contributed by atoms with E-state index >= 15 is 0 Å². The van der Waals surface area contributed by atoms with Gasteiger partial charge in [-0.2, -0.15) is 0 Å². The van der Waals surface area contributed by atoms with Crippen molar-refractivity contribution >= 4 is 23.1 Å². The Morgan fingerprint density at radius 2 is 1.25 bits per heavy atom. The quantitative estimate of drug-likeness (QED) is 0.520. The summed E-state index contributed by atoms with van der Waals surface area (Å²) < 4.78 is 8.33. The molecule has 0 aliphatic heterocycles. The predicted octanol–water partition coefficient (Wildman–Crippen LogP) is -1.04. The topological polar surface area (TPSA) is 17.1 Å². The summed E-state index contributed by atoms with van der Waals surface area (Å²) in [6.07, 6.45) is 0. The third-order valence-electron chi connectivity index (χ3n) is 0. The second-order valence-electron chi connectivity index (χ2n) is 0. The van der Waals surface area contributed by atoms with Crippen LogP contribution in [0.3, 0.4) is 0 Å². The van der Waals surface area contributed by atoms with Crippen molar-refractivity contribution in [3.63, 3.8) is 0 Å². The van der Waals surface area contributed by atoms with E-state index in [0.717, 1.165) is 0 Å². The molecular formula is H2CoMgOW. The van der Waals surface area contributed by atoms with E-state index in [0.29, 0.717) is 19.8 Å². The first-order chi connectivity index (χ1) is 1.00. The molecule has 0 rings (SSSR count). The van der Waals surface area contributed by atoms with E-state index in [-0.39, 0.29) is 39.8 Å². The Bertz CT molecular complexity index is 8.00. The first-order valence-electron chi connectivity index (χ1n) is 0.167. The zero-order chi connectivity index (χ0) is 2.00. The van der Waals surface area contributed by atoms with Crippen LogP contribution in [0, 0.1) is 0 Å². The van der Waals surface area contributed by atoms with Crippen LogP contribution in [0.2, 0.25) is 0 Å². The van der Waals surface area contributed by atoms with Gasteiger partial charge in [0.25, 0.3) is 0 Å². The van der Waals surface area contributed by atoms with E-state index in [9.17, 15) is 0 Å². The SMILES string of the molecule is [Co].[MgH2].[O]=[W]. The van der Waals surface area contributed by atoms with Gasteiger partial charge < -0.3 is 0 Å². The van der Waals surface area contributed by atoms with Crippen LogP contribution in [0.1, 0.15) is 0 Å². The molecule has 0 aromatic heterocycles. The van der Waals surface area contributed by atoms with Crippen molar-refractivity contribution in [1.29, 1.82) is 0 Å². The normalized spacial score (nSPS) is 1.00. The fourth-order valence-corrected chi connectivity index (χ4v) is 0. The fourth-order valence-electron chi connectivity index (χ4n) is 0. The van der Waals surface area contributed by atoms with E-state index in [4.69, 9.17) is 3.40 Å². The molecule has 0 N–H and O–H groups in total. The molecule has 0 aromatic carbocycles. The Morgan fingerprint density at radius 1 is 1.25 bits per heavy atom. The van der Waals surface area contributed by atoms with Gasteiger partial charge in [-0.05, 0) is 0 Å². The average molecular weight is 285 g/mol. The Balaban J connectivity index is -0.00000000500. The Kier molecular flexibility index (Phi) is 93.0. The average Bonchev–Trinajstić information content (AvgIpc) is 1.00. The molecule has 4 heavy (non-hydrogen) atoms. The minimum atomic E-state index is 0. The van der Waals surface area contributed by atoms with Crippen molar-refractivity contribution in [3.05, 3.63) is 0 Å². The van der Waals surface area contributed by atoms with E-state index in [1.807, 2.05) is 0 Å². The zero-order valence-electron chi connectivity index (χ0n) is 1.15. The molecule has 0 saturated heterocycles. The first-order valence-corrected chi connectivity index (χ1v) is 1.36. The molecule has 0 spiro atoms. The summed E-state index contributed by atoms with van der Waals surface area (Å²) in [5, 5.41) is 0. The standard InChI is InChI=1S/Co.Mg.O.W.2H. The molecule has 0 atom stereocenters. The van der Waals surface area contributed by atoms with Gasteiger partial charge in [-0.1, -0.05) is 0 Å². The van der Waals surface area contributed by atoms with Gasteiger partial charge in [0.05, 0.1) is 0 Å². The van der Waals surface area contributed by atoms with E-state index in [1.165, 1.54) is 0 Å². The van der Waals surface area contributed by atoms with Gasteiger partial charge in [0, 0.05) is 16.8 Å². The van der Waals surface area contributed by atoms with Gasteiger partial charge in [-0.3, -0.25) is 0 Å². The Hall–Kier alpha value is 1.76. The van der Waals surface area contributed by atoms with E-state index < -0.39 is 0 Å². The molecule has 0 aliphatic rings. The van der Waals surface area contributed by atoms with Crippen LogP contribution < -0.4 is 0 Å². The molecule has 0 fully saturated rings. The van der Waals surface area contributed by atoms with Crippen LogP contribution in [0.5, 0.6) is 0 Å². The summed E-state index contributed by atoms with van der Waals surface area (Å²) in [7, 11) is 0. The van der Waals surface area contributed by atoms with E-state index in [2.05, 4.69) is 0 Å². The van der Waals surface area contributed by atoms with Crippen LogP contribution in [-0.4, -0.2) is 23.1 Å².